The quantitative estimate of drug-likeness (QED) is 0.622. The highest BCUT2D eigenvalue weighted by Gasteiger charge is 2.27. The van der Waals surface area contributed by atoms with Gasteiger partial charge in [-0.1, -0.05) is 0 Å². The Bertz CT molecular complexity index is 546. The molecule has 0 atom stereocenters. The number of carbonyl (C=O) groups is 1. The van der Waals surface area contributed by atoms with Gasteiger partial charge < -0.3 is 4.90 Å². The molecular weight excluding hydrogens is 290 g/mol. The van der Waals surface area contributed by atoms with Crippen LogP contribution in [0.15, 0.2) is 12.1 Å². The third kappa shape index (κ3) is 3.06. The van der Waals surface area contributed by atoms with E-state index in [1.54, 1.807) is 11.8 Å². The van der Waals surface area contributed by atoms with Crippen LogP contribution in [-0.2, 0) is 0 Å². The molecule has 1 fully saturated rings. The molecule has 1 aromatic rings. The minimum absolute atomic E-state index is 0.402. The lowest BCUT2D eigenvalue weighted by Gasteiger charge is -2.19. The van der Waals surface area contributed by atoms with E-state index in [1.165, 1.54) is 4.90 Å². The summed E-state index contributed by atoms with van der Waals surface area (Å²) >= 11 is 1.69. The van der Waals surface area contributed by atoms with Crippen molar-refractivity contribution < 1.29 is 18.5 Å². The van der Waals surface area contributed by atoms with Crippen LogP contribution in [0.4, 0.5) is 14.5 Å². The van der Waals surface area contributed by atoms with Crippen LogP contribution in [0.2, 0.25) is 0 Å². The molecule has 0 radical (unpaired) electrons. The molecule has 0 N–H and O–H groups in total. The number of rotatable bonds is 2. The van der Waals surface area contributed by atoms with Gasteiger partial charge in [0.1, 0.15) is 5.56 Å². The summed E-state index contributed by atoms with van der Waals surface area (Å²) in [7, 11) is 0. The lowest BCUT2D eigenvalue weighted by Crippen LogP contribution is -2.33. The van der Waals surface area contributed by atoms with Crippen LogP contribution in [0.1, 0.15) is 16.8 Å². The van der Waals surface area contributed by atoms with Gasteiger partial charge in [0.15, 0.2) is 11.6 Å². The minimum Gasteiger partial charge on any atom is -0.338 e. The minimum atomic E-state index is -1.33. The lowest BCUT2D eigenvalue weighted by molar-refractivity contribution is -0.385. The fraction of sp³-hybridized carbons (Fsp3) is 0.417. The summed E-state index contributed by atoms with van der Waals surface area (Å²) in [5.74, 6) is -1.59. The second kappa shape index (κ2) is 6.17. The Morgan fingerprint density at radius 2 is 1.95 bits per heavy atom. The van der Waals surface area contributed by atoms with Gasteiger partial charge in [0.05, 0.1) is 11.0 Å². The number of thioether (sulfide) groups is 1. The van der Waals surface area contributed by atoms with Crippen molar-refractivity contribution in [2.24, 2.45) is 0 Å². The van der Waals surface area contributed by atoms with Crippen LogP contribution in [0.5, 0.6) is 0 Å². The first-order chi connectivity index (χ1) is 9.50. The van der Waals surface area contributed by atoms with Crippen molar-refractivity contribution >= 4 is 23.4 Å². The molecule has 0 spiro atoms. The first kappa shape index (κ1) is 14.7. The Labute approximate surface area is 118 Å². The molecule has 1 aliphatic rings. The molecule has 2 rings (SSSR count). The highest BCUT2D eigenvalue weighted by Crippen LogP contribution is 2.24. The fourth-order valence-corrected chi connectivity index (χ4v) is 2.87. The van der Waals surface area contributed by atoms with E-state index in [0.717, 1.165) is 17.9 Å². The maximum Gasteiger partial charge on any atom is 0.285 e. The van der Waals surface area contributed by atoms with Gasteiger partial charge in [-0.05, 0) is 18.2 Å². The topological polar surface area (TPSA) is 63.4 Å². The van der Waals surface area contributed by atoms with Crippen LogP contribution in [0, 0.1) is 21.7 Å². The Morgan fingerprint density at radius 1 is 1.25 bits per heavy atom. The summed E-state index contributed by atoms with van der Waals surface area (Å²) in [6.45, 7) is 0.904. The Morgan fingerprint density at radius 3 is 2.65 bits per heavy atom. The van der Waals surface area contributed by atoms with E-state index in [2.05, 4.69) is 0 Å². The summed E-state index contributed by atoms with van der Waals surface area (Å²) in [4.78, 5) is 23.7. The van der Waals surface area contributed by atoms with E-state index >= 15 is 0 Å². The molecule has 20 heavy (non-hydrogen) atoms. The molecule has 1 aliphatic heterocycles. The van der Waals surface area contributed by atoms with Gasteiger partial charge in [0.2, 0.25) is 0 Å². The lowest BCUT2D eigenvalue weighted by atomic mass is 10.1. The number of hydrogen-bond donors (Lipinski definition) is 0. The SMILES string of the molecule is O=C(c1cc(F)c(F)cc1[N+](=O)[O-])N1CCCSCC1. The number of benzene rings is 1. The van der Waals surface area contributed by atoms with E-state index in [-0.39, 0.29) is 0 Å². The number of nitrogens with zero attached hydrogens (tertiary/aromatic N) is 2. The highest BCUT2D eigenvalue weighted by atomic mass is 32.2. The van der Waals surface area contributed by atoms with Crippen molar-refractivity contribution in [3.8, 4) is 0 Å². The van der Waals surface area contributed by atoms with Gasteiger partial charge in [0.25, 0.3) is 11.6 Å². The normalized spacial score (nSPS) is 15.8. The number of nitro benzene ring substituents is 1. The Kier molecular flexibility index (Phi) is 4.53. The smallest absolute Gasteiger partial charge is 0.285 e. The summed E-state index contributed by atoms with van der Waals surface area (Å²) in [6.07, 6.45) is 0.772. The van der Waals surface area contributed by atoms with E-state index in [4.69, 9.17) is 0 Å². The van der Waals surface area contributed by atoms with Gasteiger partial charge >= 0.3 is 0 Å². The van der Waals surface area contributed by atoms with Crippen LogP contribution in [0.3, 0.4) is 0 Å². The fourth-order valence-electron chi connectivity index (χ4n) is 1.98. The molecule has 0 aliphatic carbocycles. The average Bonchev–Trinajstić information content (AvgIpc) is 2.69. The monoisotopic (exact) mass is 302 g/mol. The van der Waals surface area contributed by atoms with Crippen molar-refractivity contribution in [1.82, 2.24) is 4.90 Å². The highest BCUT2D eigenvalue weighted by molar-refractivity contribution is 7.99. The number of nitro groups is 1. The van der Waals surface area contributed by atoms with E-state index < -0.39 is 33.7 Å². The molecular formula is C12H12F2N2O3S. The maximum absolute atomic E-state index is 13.3. The van der Waals surface area contributed by atoms with Gasteiger partial charge in [-0.2, -0.15) is 11.8 Å². The number of hydrogen-bond acceptors (Lipinski definition) is 4. The summed E-state index contributed by atoms with van der Waals surface area (Å²) in [6, 6.07) is 1.06. The number of carbonyl (C=O) groups excluding carboxylic acids is 1. The van der Waals surface area contributed by atoms with Crippen molar-refractivity contribution in [1.29, 1.82) is 0 Å². The molecule has 1 heterocycles. The molecule has 0 unspecified atom stereocenters. The van der Waals surface area contributed by atoms with Crippen molar-refractivity contribution in [2.45, 2.75) is 6.42 Å². The standard InChI is InChI=1S/C12H12F2N2O3S/c13-9-6-8(11(16(18)19)7-10(9)14)12(17)15-2-1-4-20-5-3-15/h6-7H,1-5H2. The zero-order valence-corrected chi connectivity index (χ0v) is 11.3. The molecule has 0 bridgehead atoms. The van der Waals surface area contributed by atoms with E-state index in [9.17, 15) is 23.7 Å². The molecule has 1 saturated heterocycles. The predicted octanol–water partition coefficient (Wildman–Crippen LogP) is 2.45. The van der Waals surface area contributed by atoms with Crippen LogP contribution in [-0.4, -0.2) is 40.3 Å². The first-order valence-corrected chi connectivity index (χ1v) is 7.16. The summed E-state index contributed by atoms with van der Waals surface area (Å²) in [5, 5.41) is 10.9. The van der Waals surface area contributed by atoms with Gasteiger partial charge in [-0.25, -0.2) is 8.78 Å². The van der Waals surface area contributed by atoms with Crippen molar-refractivity contribution in [3.63, 3.8) is 0 Å². The largest absolute Gasteiger partial charge is 0.338 e. The van der Waals surface area contributed by atoms with Gasteiger partial charge in [-0.3, -0.25) is 14.9 Å². The molecule has 108 valence electrons. The first-order valence-electron chi connectivity index (χ1n) is 6.01. The van der Waals surface area contributed by atoms with Crippen molar-refractivity contribution in [3.05, 3.63) is 39.4 Å². The van der Waals surface area contributed by atoms with E-state index in [1.807, 2.05) is 0 Å². The van der Waals surface area contributed by atoms with E-state index in [0.29, 0.717) is 25.2 Å². The number of halogens is 2. The van der Waals surface area contributed by atoms with Gasteiger partial charge in [0, 0.05) is 18.8 Å². The Balaban J connectivity index is 2.37. The second-order valence-electron chi connectivity index (χ2n) is 4.30. The predicted molar refractivity (Wildman–Crippen MR) is 70.9 cm³/mol. The summed E-state index contributed by atoms with van der Waals surface area (Å²) in [5.41, 5.74) is -1.10. The number of amides is 1. The third-order valence-electron chi connectivity index (χ3n) is 2.98. The maximum atomic E-state index is 13.3. The molecule has 0 saturated carbocycles. The zero-order valence-electron chi connectivity index (χ0n) is 10.5. The third-order valence-corrected chi connectivity index (χ3v) is 4.02. The Hall–Kier alpha value is -1.70. The van der Waals surface area contributed by atoms with Crippen molar-refractivity contribution in [2.75, 3.05) is 24.6 Å². The van der Waals surface area contributed by atoms with Crippen LogP contribution in [0.25, 0.3) is 0 Å². The molecule has 1 aromatic carbocycles. The average molecular weight is 302 g/mol. The molecule has 5 nitrogen and oxygen atoms in total. The zero-order chi connectivity index (χ0) is 14.7. The second-order valence-corrected chi connectivity index (χ2v) is 5.52. The molecule has 1 amide bonds. The van der Waals surface area contributed by atoms with Crippen LogP contribution >= 0.6 is 11.8 Å². The molecule has 8 heteroatoms. The summed E-state index contributed by atoms with van der Waals surface area (Å²) < 4.78 is 26.3. The van der Waals surface area contributed by atoms with Crippen LogP contribution < -0.4 is 0 Å². The van der Waals surface area contributed by atoms with Gasteiger partial charge in [-0.15, -0.1) is 0 Å². The molecule has 0 aromatic heterocycles.